The van der Waals surface area contributed by atoms with E-state index in [9.17, 15) is 19.6 Å². The summed E-state index contributed by atoms with van der Waals surface area (Å²) in [6, 6.07) is 8.53. The number of carbonyl (C=O) groups excluding carboxylic acids is 3. The smallest absolute Gasteiger partial charge is 0.404 e. The van der Waals surface area contributed by atoms with Crippen molar-refractivity contribution in [2.24, 2.45) is 11.1 Å². The van der Waals surface area contributed by atoms with Crippen LogP contribution in [-0.2, 0) is 9.53 Å². The monoisotopic (exact) mass is 481 g/mol. The Morgan fingerprint density at radius 2 is 2.09 bits per heavy atom. The van der Waals surface area contributed by atoms with E-state index in [1.807, 2.05) is 20.8 Å². The van der Waals surface area contributed by atoms with Gasteiger partial charge in [0.25, 0.3) is 5.91 Å². The Balaban J connectivity index is 1.75. The largest absolute Gasteiger partial charge is 0.490 e. The number of nitrogens with two attached hydrogens (primary N) is 1. The minimum absolute atomic E-state index is 0.123. The number of benzene rings is 1. The van der Waals surface area contributed by atoms with Crippen molar-refractivity contribution >= 4 is 28.8 Å². The molecular formula is C25H31N5O5. The predicted octanol–water partition coefficient (Wildman–Crippen LogP) is 2.76. The average Bonchev–Trinajstić information content (AvgIpc) is 3.29. The first-order valence-corrected chi connectivity index (χ1v) is 11.5. The summed E-state index contributed by atoms with van der Waals surface area (Å²) >= 11 is 0. The van der Waals surface area contributed by atoms with Gasteiger partial charge in [-0.05, 0) is 42.5 Å². The first-order chi connectivity index (χ1) is 16.6. The van der Waals surface area contributed by atoms with Crippen molar-refractivity contribution in [1.29, 1.82) is 5.26 Å². The fraction of sp³-hybridized carbons (Fsp3) is 0.480. The van der Waals surface area contributed by atoms with Crippen molar-refractivity contribution in [2.75, 3.05) is 19.7 Å². The minimum Gasteiger partial charge on any atom is -0.490 e. The third kappa shape index (κ3) is 6.59. The van der Waals surface area contributed by atoms with Crippen LogP contribution >= 0.6 is 0 Å². The summed E-state index contributed by atoms with van der Waals surface area (Å²) in [5.41, 5.74) is 5.75. The van der Waals surface area contributed by atoms with E-state index < -0.39 is 18.0 Å². The zero-order valence-corrected chi connectivity index (χ0v) is 20.2. The van der Waals surface area contributed by atoms with Gasteiger partial charge in [0.05, 0.1) is 30.3 Å². The number of aromatic nitrogens is 1. The van der Waals surface area contributed by atoms with Crippen molar-refractivity contribution in [2.45, 2.75) is 52.2 Å². The molecule has 2 heterocycles. The lowest BCUT2D eigenvalue weighted by molar-refractivity contribution is -0.130. The predicted molar refractivity (Wildman–Crippen MR) is 128 cm³/mol. The summed E-state index contributed by atoms with van der Waals surface area (Å²) in [5.74, 6) is -0.169. The Morgan fingerprint density at radius 3 is 2.77 bits per heavy atom. The van der Waals surface area contributed by atoms with Gasteiger partial charge in [0.2, 0.25) is 5.91 Å². The maximum Gasteiger partial charge on any atom is 0.404 e. The van der Waals surface area contributed by atoms with Gasteiger partial charge in [-0.1, -0.05) is 20.8 Å². The second-order valence-corrected chi connectivity index (χ2v) is 9.52. The van der Waals surface area contributed by atoms with Gasteiger partial charge < -0.3 is 25.4 Å². The van der Waals surface area contributed by atoms with Gasteiger partial charge in [-0.2, -0.15) is 5.26 Å². The summed E-state index contributed by atoms with van der Waals surface area (Å²) < 4.78 is 11.1. The molecule has 3 N–H and O–H groups in total. The number of nitriles is 1. The Bertz CT molecular complexity index is 1140. The van der Waals surface area contributed by atoms with Crippen molar-refractivity contribution in [1.82, 2.24) is 15.2 Å². The summed E-state index contributed by atoms with van der Waals surface area (Å²) in [4.78, 5) is 42.2. The van der Waals surface area contributed by atoms with Crippen LogP contribution in [0, 0.1) is 16.7 Å². The second-order valence-electron chi connectivity index (χ2n) is 9.52. The number of ether oxygens (including phenoxy) is 2. The van der Waals surface area contributed by atoms with Crippen LogP contribution in [-0.4, -0.2) is 59.6 Å². The Hall–Kier alpha value is -3.87. The highest BCUT2D eigenvalue weighted by molar-refractivity contribution is 6.07. The standard InChI is InChI=1S/C25H31N5O5/c1-25(2,3)21(9-12-34-24(27)33)35-17-6-7-20-19(13-17)18(8-10-28-20)23(32)29-15-22(31)30-11-4-5-16(30)14-26/h6-8,10,13,16,21H,4-5,9,11-12,15H2,1-3H3,(H2,27,33)(H,29,32)/t16?,21-/m0/s1. The lowest BCUT2D eigenvalue weighted by Gasteiger charge is -2.31. The molecule has 1 fully saturated rings. The SMILES string of the molecule is CC(C)(C)[C@H](CCOC(N)=O)Oc1ccc2nccc(C(=O)NCC(=O)N3CCCC3C#N)c2c1. The molecule has 2 atom stereocenters. The highest BCUT2D eigenvalue weighted by Crippen LogP contribution is 2.30. The molecule has 35 heavy (non-hydrogen) atoms. The lowest BCUT2D eigenvalue weighted by atomic mass is 9.87. The van der Waals surface area contributed by atoms with Crippen LogP contribution in [0.1, 0.15) is 50.4 Å². The van der Waals surface area contributed by atoms with Crippen LogP contribution in [0.25, 0.3) is 10.9 Å². The number of likely N-dealkylation sites (tertiary alicyclic amines) is 1. The third-order valence-corrected chi connectivity index (χ3v) is 5.95. The molecule has 10 nitrogen and oxygen atoms in total. The number of rotatable bonds is 8. The molecule has 186 valence electrons. The van der Waals surface area contributed by atoms with Crippen LogP contribution in [0.3, 0.4) is 0 Å². The topological polar surface area (TPSA) is 148 Å². The van der Waals surface area contributed by atoms with Gasteiger partial charge in [0, 0.05) is 24.5 Å². The average molecular weight is 482 g/mol. The van der Waals surface area contributed by atoms with Crippen molar-refractivity contribution in [3.05, 3.63) is 36.0 Å². The number of nitrogens with one attached hydrogen (secondary N) is 1. The molecule has 1 aromatic heterocycles. The number of primary amides is 1. The van der Waals surface area contributed by atoms with E-state index in [0.29, 0.717) is 41.6 Å². The number of nitrogens with zero attached hydrogens (tertiary/aromatic N) is 3. The fourth-order valence-corrected chi connectivity index (χ4v) is 4.05. The normalized spacial score (nSPS) is 16.4. The van der Waals surface area contributed by atoms with Gasteiger partial charge >= 0.3 is 6.09 Å². The molecule has 1 saturated heterocycles. The molecule has 0 spiro atoms. The van der Waals surface area contributed by atoms with Crippen molar-refractivity contribution in [3.63, 3.8) is 0 Å². The Morgan fingerprint density at radius 1 is 1.31 bits per heavy atom. The number of fused-ring (bicyclic) bond motifs is 1. The van der Waals surface area contributed by atoms with E-state index >= 15 is 0 Å². The number of hydrogen-bond donors (Lipinski definition) is 2. The maximum absolute atomic E-state index is 13.0. The Labute approximate surface area is 204 Å². The molecule has 0 bridgehead atoms. The molecule has 1 aliphatic rings. The summed E-state index contributed by atoms with van der Waals surface area (Å²) in [6.45, 7) is 6.49. The van der Waals surface area contributed by atoms with Gasteiger partial charge in [0.1, 0.15) is 17.9 Å². The van der Waals surface area contributed by atoms with Gasteiger partial charge in [0.15, 0.2) is 0 Å². The van der Waals surface area contributed by atoms with E-state index in [1.165, 1.54) is 11.1 Å². The summed E-state index contributed by atoms with van der Waals surface area (Å²) in [5, 5.41) is 12.4. The van der Waals surface area contributed by atoms with Gasteiger partial charge in [-0.15, -0.1) is 0 Å². The molecule has 10 heteroatoms. The van der Waals surface area contributed by atoms with Crippen LogP contribution < -0.4 is 15.8 Å². The Kier molecular flexibility index (Phi) is 8.12. The highest BCUT2D eigenvalue weighted by Gasteiger charge is 2.29. The molecule has 1 unspecified atom stereocenters. The molecule has 0 aliphatic carbocycles. The number of pyridine rings is 1. The number of amides is 3. The summed E-state index contributed by atoms with van der Waals surface area (Å²) in [7, 11) is 0. The van der Waals surface area contributed by atoms with Crippen LogP contribution in [0.5, 0.6) is 5.75 Å². The first kappa shape index (κ1) is 25.7. The van der Waals surface area contributed by atoms with Crippen LogP contribution in [0.2, 0.25) is 0 Å². The molecule has 2 aromatic rings. The van der Waals surface area contributed by atoms with Crippen molar-refractivity contribution in [3.8, 4) is 11.8 Å². The van der Waals surface area contributed by atoms with E-state index in [1.54, 1.807) is 24.3 Å². The molecule has 1 aromatic carbocycles. The van der Waals surface area contributed by atoms with Gasteiger partial charge in [-0.3, -0.25) is 14.6 Å². The molecule has 0 saturated carbocycles. The first-order valence-electron chi connectivity index (χ1n) is 11.5. The highest BCUT2D eigenvalue weighted by atomic mass is 16.5. The number of hydrogen-bond acceptors (Lipinski definition) is 7. The molecule has 1 aliphatic heterocycles. The van der Waals surface area contributed by atoms with Crippen LogP contribution in [0.15, 0.2) is 30.5 Å². The maximum atomic E-state index is 13.0. The van der Waals surface area contributed by atoms with E-state index in [-0.39, 0.29) is 30.6 Å². The second kappa shape index (κ2) is 11.0. The van der Waals surface area contributed by atoms with E-state index in [0.717, 1.165) is 6.42 Å². The molecule has 3 amide bonds. The van der Waals surface area contributed by atoms with E-state index in [4.69, 9.17) is 15.2 Å². The third-order valence-electron chi connectivity index (χ3n) is 5.95. The zero-order chi connectivity index (χ0) is 25.6. The van der Waals surface area contributed by atoms with Gasteiger partial charge in [-0.25, -0.2) is 4.79 Å². The molecule has 0 radical (unpaired) electrons. The molecule has 3 rings (SSSR count). The fourth-order valence-electron chi connectivity index (χ4n) is 4.05. The minimum atomic E-state index is -0.837. The summed E-state index contributed by atoms with van der Waals surface area (Å²) in [6.07, 6.45) is 2.27. The van der Waals surface area contributed by atoms with E-state index in [2.05, 4.69) is 16.4 Å². The number of carbonyl (C=O) groups is 3. The molecular weight excluding hydrogens is 450 g/mol. The van der Waals surface area contributed by atoms with Crippen LogP contribution in [0.4, 0.5) is 4.79 Å². The lowest BCUT2D eigenvalue weighted by Crippen LogP contribution is -2.42. The quantitative estimate of drug-likeness (QED) is 0.589. The zero-order valence-electron chi connectivity index (χ0n) is 20.2. The van der Waals surface area contributed by atoms with Crippen molar-refractivity contribution < 1.29 is 23.9 Å².